The van der Waals surface area contributed by atoms with E-state index in [1.54, 1.807) is 6.07 Å². The molecular weight excluding hydrogens is 238 g/mol. The van der Waals surface area contributed by atoms with Gasteiger partial charge in [-0.25, -0.2) is 0 Å². The maximum absolute atomic E-state index is 9.72. The number of rotatable bonds is 7. The summed E-state index contributed by atoms with van der Waals surface area (Å²) in [5, 5.41) is 21.3. The van der Waals surface area contributed by atoms with Gasteiger partial charge in [-0.3, -0.25) is 0 Å². The van der Waals surface area contributed by atoms with Gasteiger partial charge in [0.1, 0.15) is 5.75 Å². The summed E-state index contributed by atoms with van der Waals surface area (Å²) in [5.41, 5.74) is 1.87. The molecular formula is C16H25NO2. The predicted octanol–water partition coefficient (Wildman–Crippen LogP) is 4.45. The number of hydrogen-bond acceptors (Lipinski definition) is 3. The normalized spacial score (nSPS) is 14.7. The molecule has 0 radical (unpaired) electrons. The van der Waals surface area contributed by atoms with Crippen molar-refractivity contribution in [1.29, 1.82) is 0 Å². The molecule has 0 aliphatic heterocycles. The van der Waals surface area contributed by atoms with Crippen molar-refractivity contribution in [2.75, 3.05) is 0 Å². The Hall–Kier alpha value is -1.51. The minimum absolute atomic E-state index is 0.112. The third-order valence-corrected chi connectivity index (χ3v) is 4.03. The van der Waals surface area contributed by atoms with Gasteiger partial charge >= 0.3 is 0 Å². The first-order chi connectivity index (χ1) is 9.07. The van der Waals surface area contributed by atoms with Gasteiger partial charge in [0.15, 0.2) is 0 Å². The van der Waals surface area contributed by atoms with Crippen LogP contribution in [0.15, 0.2) is 23.4 Å². The van der Waals surface area contributed by atoms with Crippen molar-refractivity contribution < 1.29 is 10.3 Å². The van der Waals surface area contributed by atoms with Crippen LogP contribution in [0.25, 0.3) is 0 Å². The van der Waals surface area contributed by atoms with Crippen LogP contribution in [0, 0.1) is 0 Å². The Morgan fingerprint density at radius 3 is 2.58 bits per heavy atom. The fourth-order valence-electron chi connectivity index (χ4n) is 2.39. The van der Waals surface area contributed by atoms with E-state index in [2.05, 4.69) is 25.9 Å². The molecule has 19 heavy (non-hydrogen) atoms. The topological polar surface area (TPSA) is 52.8 Å². The first kappa shape index (κ1) is 15.5. The van der Waals surface area contributed by atoms with Crippen LogP contribution in [0.5, 0.6) is 5.75 Å². The van der Waals surface area contributed by atoms with Crippen molar-refractivity contribution in [2.24, 2.45) is 5.16 Å². The van der Waals surface area contributed by atoms with Crippen molar-refractivity contribution in [3.63, 3.8) is 0 Å². The molecule has 0 aliphatic carbocycles. The van der Waals surface area contributed by atoms with E-state index < -0.39 is 0 Å². The number of aromatic hydroxyl groups is 1. The predicted molar refractivity (Wildman–Crippen MR) is 79.3 cm³/mol. The second kappa shape index (κ2) is 7.17. The van der Waals surface area contributed by atoms with Crippen LogP contribution in [-0.4, -0.2) is 16.5 Å². The van der Waals surface area contributed by atoms with E-state index >= 15 is 0 Å². The van der Waals surface area contributed by atoms with Crippen LogP contribution in [0.2, 0.25) is 0 Å². The number of unbranched alkanes of at least 4 members (excludes halogenated alkanes) is 2. The van der Waals surface area contributed by atoms with E-state index in [4.69, 9.17) is 5.21 Å². The van der Waals surface area contributed by atoms with E-state index in [-0.39, 0.29) is 11.2 Å². The fourth-order valence-corrected chi connectivity index (χ4v) is 2.39. The standard InChI is InChI=1S/C16H25NO2/c1-4-6-7-10-16(3,5-2)14-8-9-15(18)13(11-14)12-17-19/h8-9,11-12,18-19H,4-7,10H2,1-3H3/b17-12+. The van der Waals surface area contributed by atoms with Gasteiger partial charge in [0.2, 0.25) is 0 Å². The van der Waals surface area contributed by atoms with Crippen molar-refractivity contribution in [3.8, 4) is 5.75 Å². The third kappa shape index (κ3) is 3.98. The molecule has 0 aromatic heterocycles. The Morgan fingerprint density at radius 2 is 2.00 bits per heavy atom. The molecule has 1 rings (SSSR count). The van der Waals surface area contributed by atoms with Crippen molar-refractivity contribution in [2.45, 2.75) is 58.3 Å². The van der Waals surface area contributed by atoms with Crippen LogP contribution in [-0.2, 0) is 5.41 Å². The van der Waals surface area contributed by atoms with Gasteiger partial charge in [-0.05, 0) is 36.0 Å². The Kier molecular flexibility index (Phi) is 5.87. The SMILES string of the molecule is CCCCCC(C)(CC)c1ccc(O)c(/C=N/O)c1. The molecule has 1 aromatic carbocycles. The van der Waals surface area contributed by atoms with E-state index in [1.807, 2.05) is 12.1 Å². The Labute approximate surface area is 116 Å². The minimum atomic E-state index is 0.112. The lowest BCUT2D eigenvalue weighted by Gasteiger charge is -2.29. The lowest BCUT2D eigenvalue weighted by Crippen LogP contribution is -2.21. The third-order valence-electron chi connectivity index (χ3n) is 4.03. The average molecular weight is 263 g/mol. The average Bonchev–Trinajstić information content (AvgIpc) is 2.41. The number of nitrogens with zero attached hydrogens (tertiary/aromatic N) is 1. The number of phenolic OH excluding ortho intramolecular Hbond substituents is 1. The lowest BCUT2D eigenvalue weighted by molar-refractivity contribution is 0.321. The summed E-state index contributed by atoms with van der Waals surface area (Å²) in [6.07, 6.45) is 7.15. The zero-order valence-corrected chi connectivity index (χ0v) is 12.2. The quantitative estimate of drug-likeness (QED) is 0.330. The van der Waals surface area contributed by atoms with E-state index in [1.165, 1.54) is 31.0 Å². The van der Waals surface area contributed by atoms with Gasteiger partial charge in [-0.15, -0.1) is 0 Å². The molecule has 0 aliphatic rings. The molecule has 3 nitrogen and oxygen atoms in total. The number of oxime groups is 1. The summed E-state index contributed by atoms with van der Waals surface area (Å²) in [4.78, 5) is 0. The molecule has 2 N–H and O–H groups in total. The first-order valence-electron chi connectivity index (χ1n) is 7.08. The fraction of sp³-hybridized carbons (Fsp3) is 0.562. The van der Waals surface area contributed by atoms with E-state index in [0.29, 0.717) is 5.56 Å². The van der Waals surface area contributed by atoms with Crippen LogP contribution in [0.4, 0.5) is 0 Å². The van der Waals surface area contributed by atoms with Gasteiger partial charge in [-0.2, -0.15) is 0 Å². The summed E-state index contributed by atoms with van der Waals surface area (Å²) in [6, 6.07) is 5.57. The molecule has 0 saturated heterocycles. The van der Waals surface area contributed by atoms with E-state index in [9.17, 15) is 5.11 Å². The summed E-state index contributed by atoms with van der Waals surface area (Å²) >= 11 is 0. The summed E-state index contributed by atoms with van der Waals surface area (Å²) in [5.74, 6) is 0.147. The smallest absolute Gasteiger partial charge is 0.124 e. The number of hydrogen-bond donors (Lipinski definition) is 2. The second-order valence-electron chi connectivity index (χ2n) is 5.39. The number of phenols is 1. The lowest BCUT2D eigenvalue weighted by atomic mass is 9.75. The highest BCUT2D eigenvalue weighted by Gasteiger charge is 2.24. The zero-order valence-electron chi connectivity index (χ0n) is 12.2. The van der Waals surface area contributed by atoms with Crippen LogP contribution >= 0.6 is 0 Å². The van der Waals surface area contributed by atoms with Gasteiger partial charge in [0, 0.05) is 5.56 Å². The van der Waals surface area contributed by atoms with Gasteiger partial charge < -0.3 is 10.3 Å². The monoisotopic (exact) mass is 263 g/mol. The maximum Gasteiger partial charge on any atom is 0.124 e. The van der Waals surface area contributed by atoms with Gasteiger partial charge in [-0.1, -0.05) is 51.3 Å². The summed E-state index contributed by atoms with van der Waals surface area (Å²) in [7, 11) is 0. The minimum Gasteiger partial charge on any atom is -0.507 e. The highest BCUT2D eigenvalue weighted by Crippen LogP contribution is 2.35. The van der Waals surface area contributed by atoms with Gasteiger partial charge in [0.25, 0.3) is 0 Å². The highest BCUT2D eigenvalue weighted by atomic mass is 16.4. The molecule has 0 spiro atoms. The summed E-state index contributed by atoms with van der Waals surface area (Å²) in [6.45, 7) is 6.66. The number of benzene rings is 1. The maximum atomic E-state index is 9.72. The molecule has 106 valence electrons. The second-order valence-corrected chi connectivity index (χ2v) is 5.39. The summed E-state index contributed by atoms with van der Waals surface area (Å²) < 4.78 is 0. The molecule has 0 heterocycles. The molecule has 0 fully saturated rings. The van der Waals surface area contributed by atoms with Crippen LogP contribution in [0.1, 0.15) is 64.0 Å². The highest BCUT2D eigenvalue weighted by molar-refractivity contribution is 5.83. The molecule has 0 saturated carbocycles. The Morgan fingerprint density at radius 1 is 1.26 bits per heavy atom. The van der Waals surface area contributed by atoms with Gasteiger partial charge in [0.05, 0.1) is 6.21 Å². The molecule has 3 heteroatoms. The molecule has 0 bridgehead atoms. The first-order valence-corrected chi connectivity index (χ1v) is 7.08. The van der Waals surface area contributed by atoms with Crippen LogP contribution in [0.3, 0.4) is 0 Å². The molecule has 1 atom stereocenters. The Balaban J connectivity index is 3.00. The van der Waals surface area contributed by atoms with Crippen molar-refractivity contribution >= 4 is 6.21 Å². The molecule has 1 unspecified atom stereocenters. The zero-order chi connectivity index (χ0) is 14.3. The Bertz CT molecular complexity index is 429. The van der Waals surface area contributed by atoms with E-state index in [0.717, 1.165) is 12.8 Å². The largest absolute Gasteiger partial charge is 0.507 e. The van der Waals surface area contributed by atoms with Crippen molar-refractivity contribution in [3.05, 3.63) is 29.3 Å². The molecule has 0 amide bonds. The molecule has 1 aromatic rings. The van der Waals surface area contributed by atoms with Crippen molar-refractivity contribution in [1.82, 2.24) is 0 Å². The van der Waals surface area contributed by atoms with Crippen LogP contribution < -0.4 is 0 Å².